The summed E-state index contributed by atoms with van der Waals surface area (Å²) in [4.78, 5) is 35.5. The van der Waals surface area contributed by atoms with Crippen molar-refractivity contribution >= 4 is 23.2 Å². The van der Waals surface area contributed by atoms with Crippen molar-refractivity contribution in [3.8, 4) is 10.7 Å². The fourth-order valence-electron chi connectivity index (χ4n) is 3.63. The van der Waals surface area contributed by atoms with E-state index in [0.717, 1.165) is 50.4 Å². The molecular formula is C19H26N6O3S. The van der Waals surface area contributed by atoms with E-state index in [2.05, 4.69) is 25.3 Å². The molecule has 156 valence electrons. The molecule has 0 atom stereocenters. The zero-order valence-corrected chi connectivity index (χ0v) is 17.2. The first kappa shape index (κ1) is 20.0. The number of hydrogen-bond acceptors (Lipinski definition) is 8. The first-order valence-electron chi connectivity index (χ1n) is 10.0. The predicted octanol–water partition coefficient (Wildman–Crippen LogP) is 0.307. The molecule has 0 spiro atoms. The summed E-state index contributed by atoms with van der Waals surface area (Å²) < 4.78 is 5.35. The lowest BCUT2D eigenvalue weighted by molar-refractivity contribution is -0.139. The molecule has 2 aromatic rings. The minimum Gasteiger partial charge on any atom is -0.353 e. The zero-order valence-electron chi connectivity index (χ0n) is 16.4. The lowest BCUT2D eigenvalue weighted by atomic mass is 10.2. The highest BCUT2D eigenvalue weighted by molar-refractivity contribution is 7.13. The summed E-state index contributed by atoms with van der Waals surface area (Å²) in [6, 6.07) is 3.97. The van der Waals surface area contributed by atoms with Gasteiger partial charge >= 0.3 is 0 Å². The second kappa shape index (κ2) is 9.47. The Bertz CT molecular complexity index is 816. The Morgan fingerprint density at radius 2 is 2.03 bits per heavy atom. The largest absolute Gasteiger partial charge is 0.353 e. The Morgan fingerprint density at radius 3 is 2.79 bits per heavy atom. The third-order valence-electron chi connectivity index (χ3n) is 5.29. The van der Waals surface area contributed by atoms with E-state index in [-0.39, 0.29) is 18.4 Å². The summed E-state index contributed by atoms with van der Waals surface area (Å²) >= 11 is 1.60. The maximum Gasteiger partial charge on any atom is 0.239 e. The van der Waals surface area contributed by atoms with Gasteiger partial charge in [0.2, 0.25) is 23.5 Å². The van der Waals surface area contributed by atoms with Crippen LogP contribution in [0.4, 0.5) is 0 Å². The number of amides is 2. The van der Waals surface area contributed by atoms with Crippen LogP contribution in [-0.4, -0.2) is 95.6 Å². The molecule has 0 aliphatic carbocycles. The van der Waals surface area contributed by atoms with Crippen LogP contribution in [0, 0.1) is 0 Å². The van der Waals surface area contributed by atoms with Crippen molar-refractivity contribution in [2.75, 3.05) is 58.9 Å². The van der Waals surface area contributed by atoms with Gasteiger partial charge in [0, 0.05) is 45.7 Å². The average molecular weight is 419 g/mol. The number of carbonyl (C=O) groups is 2. The number of aryl methyl sites for hydroxylation is 1. The molecule has 2 amide bonds. The molecule has 0 saturated carbocycles. The number of rotatable bonds is 7. The smallest absolute Gasteiger partial charge is 0.239 e. The molecule has 2 aliphatic rings. The molecule has 2 aromatic heterocycles. The Balaban J connectivity index is 1.14. The van der Waals surface area contributed by atoms with Crippen molar-refractivity contribution in [1.82, 2.24) is 30.2 Å². The van der Waals surface area contributed by atoms with Crippen LogP contribution >= 0.6 is 11.3 Å². The van der Waals surface area contributed by atoms with Crippen molar-refractivity contribution in [3.05, 3.63) is 23.4 Å². The van der Waals surface area contributed by atoms with Crippen LogP contribution in [-0.2, 0) is 16.0 Å². The van der Waals surface area contributed by atoms with Gasteiger partial charge < -0.3 is 19.6 Å². The van der Waals surface area contributed by atoms with Crippen LogP contribution in [0.3, 0.4) is 0 Å². The number of thiophene rings is 1. The standard InChI is InChI=1S/C19H26N6O3S/c26-16-13-25(7-5-20-16)18(27)14-24-10-8-23(9-11-24)6-1-4-17-21-19(22-28-17)15-3-2-12-29-15/h2-3,12H,1,4-11,13-14H2,(H,20,26). The molecule has 0 aromatic carbocycles. The molecule has 1 N–H and O–H groups in total. The van der Waals surface area contributed by atoms with E-state index in [1.54, 1.807) is 16.2 Å². The first-order valence-corrected chi connectivity index (χ1v) is 10.9. The van der Waals surface area contributed by atoms with Crippen molar-refractivity contribution in [3.63, 3.8) is 0 Å². The molecule has 2 saturated heterocycles. The lowest BCUT2D eigenvalue weighted by Crippen LogP contribution is -2.54. The summed E-state index contributed by atoms with van der Waals surface area (Å²) in [5, 5.41) is 8.80. The van der Waals surface area contributed by atoms with Crippen LogP contribution in [0.25, 0.3) is 10.7 Å². The molecule has 2 aliphatic heterocycles. The molecule has 0 bridgehead atoms. The van der Waals surface area contributed by atoms with Gasteiger partial charge in [0.1, 0.15) is 0 Å². The maximum absolute atomic E-state index is 12.4. The summed E-state index contributed by atoms with van der Waals surface area (Å²) in [5.41, 5.74) is 0. The molecule has 0 radical (unpaired) electrons. The highest BCUT2D eigenvalue weighted by atomic mass is 32.1. The Hall–Kier alpha value is -2.30. The van der Waals surface area contributed by atoms with Gasteiger partial charge in [-0.05, 0) is 24.4 Å². The van der Waals surface area contributed by atoms with Gasteiger partial charge in [0.05, 0.1) is 18.0 Å². The Labute approximate surface area is 173 Å². The summed E-state index contributed by atoms with van der Waals surface area (Å²) in [6.07, 6.45) is 1.74. The summed E-state index contributed by atoms with van der Waals surface area (Å²) in [5.74, 6) is 1.33. The van der Waals surface area contributed by atoms with Gasteiger partial charge in [0.25, 0.3) is 0 Å². The third kappa shape index (κ3) is 5.40. The molecule has 2 fully saturated rings. The number of hydrogen-bond donors (Lipinski definition) is 1. The predicted molar refractivity (Wildman–Crippen MR) is 108 cm³/mol. The fourth-order valence-corrected chi connectivity index (χ4v) is 4.28. The van der Waals surface area contributed by atoms with Crippen LogP contribution in [0.2, 0.25) is 0 Å². The van der Waals surface area contributed by atoms with Gasteiger partial charge in [-0.1, -0.05) is 11.2 Å². The molecule has 29 heavy (non-hydrogen) atoms. The van der Waals surface area contributed by atoms with Crippen molar-refractivity contribution < 1.29 is 14.1 Å². The molecule has 4 heterocycles. The van der Waals surface area contributed by atoms with Crippen molar-refractivity contribution in [1.29, 1.82) is 0 Å². The molecule has 9 nitrogen and oxygen atoms in total. The summed E-state index contributed by atoms with van der Waals surface area (Å²) in [7, 11) is 0. The third-order valence-corrected chi connectivity index (χ3v) is 6.16. The van der Waals surface area contributed by atoms with Gasteiger partial charge in [0.15, 0.2) is 0 Å². The van der Waals surface area contributed by atoms with Gasteiger partial charge in [-0.2, -0.15) is 4.98 Å². The quantitative estimate of drug-likeness (QED) is 0.691. The highest BCUT2D eigenvalue weighted by Crippen LogP contribution is 2.21. The lowest BCUT2D eigenvalue weighted by Gasteiger charge is -2.35. The van der Waals surface area contributed by atoms with E-state index in [1.165, 1.54) is 0 Å². The van der Waals surface area contributed by atoms with E-state index in [4.69, 9.17) is 4.52 Å². The van der Waals surface area contributed by atoms with E-state index in [0.29, 0.717) is 31.3 Å². The Morgan fingerprint density at radius 1 is 1.21 bits per heavy atom. The second-order valence-electron chi connectivity index (χ2n) is 7.38. The van der Waals surface area contributed by atoms with Crippen LogP contribution in [0.1, 0.15) is 12.3 Å². The highest BCUT2D eigenvalue weighted by Gasteiger charge is 2.24. The monoisotopic (exact) mass is 418 g/mol. The zero-order chi connectivity index (χ0) is 20.1. The van der Waals surface area contributed by atoms with E-state index in [1.807, 2.05) is 17.5 Å². The Kier molecular flexibility index (Phi) is 6.53. The first-order chi connectivity index (χ1) is 14.2. The molecule has 10 heteroatoms. The normalized spacial score (nSPS) is 18.8. The van der Waals surface area contributed by atoms with Crippen molar-refractivity contribution in [2.45, 2.75) is 12.8 Å². The molecule has 4 rings (SSSR count). The fraction of sp³-hybridized carbons (Fsp3) is 0.579. The number of nitrogens with one attached hydrogen (secondary N) is 1. The number of aromatic nitrogens is 2. The van der Waals surface area contributed by atoms with Crippen LogP contribution in [0.15, 0.2) is 22.0 Å². The molecule has 0 unspecified atom stereocenters. The number of carbonyl (C=O) groups excluding carboxylic acids is 2. The van der Waals surface area contributed by atoms with Gasteiger partial charge in [-0.3, -0.25) is 14.5 Å². The number of nitrogens with zero attached hydrogens (tertiary/aromatic N) is 5. The van der Waals surface area contributed by atoms with Crippen LogP contribution in [0.5, 0.6) is 0 Å². The molecular weight excluding hydrogens is 392 g/mol. The number of piperazine rings is 2. The second-order valence-corrected chi connectivity index (χ2v) is 8.32. The maximum atomic E-state index is 12.4. The van der Waals surface area contributed by atoms with E-state index >= 15 is 0 Å². The minimum atomic E-state index is -0.0711. The van der Waals surface area contributed by atoms with Gasteiger partial charge in [-0.25, -0.2) is 0 Å². The van der Waals surface area contributed by atoms with E-state index in [9.17, 15) is 9.59 Å². The van der Waals surface area contributed by atoms with Gasteiger partial charge in [-0.15, -0.1) is 11.3 Å². The topological polar surface area (TPSA) is 94.8 Å². The average Bonchev–Trinajstić information content (AvgIpc) is 3.41. The minimum absolute atomic E-state index is 0.0474. The van der Waals surface area contributed by atoms with E-state index < -0.39 is 0 Å². The SMILES string of the molecule is O=C1CN(C(=O)CN2CCN(CCCc3nc(-c4cccs4)no3)CC2)CCN1. The van der Waals surface area contributed by atoms with Crippen molar-refractivity contribution in [2.24, 2.45) is 0 Å². The summed E-state index contributed by atoms with van der Waals surface area (Å²) in [6.45, 7) is 6.34. The van der Waals surface area contributed by atoms with Crippen LogP contribution < -0.4 is 5.32 Å².